The number of halogens is 1. The predicted octanol–water partition coefficient (Wildman–Crippen LogP) is 2.84. The molecule has 1 aromatic heterocycles. The molecule has 0 atom stereocenters. The Morgan fingerprint density at radius 3 is 2.52 bits per heavy atom. The number of anilines is 1. The van der Waals surface area contributed by atoms with Crippen LogP contribution in [0.25, 0.3) is 11.5 Å². The summed E-state index contributed by atoms with van der Waals surface area (Å²) in [7, 11) is 0. The van der Waals surface area contributed by atoms with Crippen LogP contribution in [0.5, 0.6) is 0 Å². The third-order valence-electron chi connectivity index (χ3n) is 4.46. The van der Waals surface area contributed by atoms with Gasteiger partial charge >= 0.3 is 0 Å². The van der Waals surface area contributed by atoms with Crippen LogP contribution in [0.3, 0.4) is 0 Å². The molecule has 2 fully saturated rings. The van der Waals surface area contributed by atoms with Gasteiger partial charge in [-0.2, -0.15) is 4.98 Å². The van der Waals surface area contributed by atoms with Crippen LogP contribution in [0.15, 0.2) is 28.8 Å². The second-order valence-electron chi connectivity index (χ2n) is 6.27. The molecule has 2 aliphatic rings. The van der Waals surface area contributed by atoms with E-state index in [2.05, 4.69) is 15.5 Å². The summed E-state index contributed by atoms with van der Waals surface area (Å²) in [4.78, 5) is 16.1. The molecule has 2 aromatic rings. The summed E-state index contributed by atoms with van der Waals surface area (Å²) < 4.78 is 5.31. The lowest BCUT2D eigenvalue weighted by Gasteiger charge is -2.34. The maximum Gasteiger partial charge on any atom is 0.257 e. The van der Waals surface area contributed by atoms with Gasteiger partial charge in [-0.25, -0.2) is 0 Å². The Morgan fingerprint density at radius 1 is 1.26 bits per heavy atom. The van der Waals surface area contributed by atoms with Crippen molar-refractivity contribution < 1.29 is 9.32 Å². The van der Waals surface area contributed by atoms with Gasteiger partial charge in [-0.05, 0) is 56.4 Å². The number of hydrogen-bond donors (Lipinski definition) is 2. The number of nitrogens with two attached hydrogens (primary N) is 1. The van der Waals surface area contributed by atoms with E-state index < -0.39 is 5.54 Å². The predicted molar refractivity (Wildman–Crippen MR) is 88.1 cm³/mol. The molecule has 122 valence electrons. The fourth-order valence-corrected chi connectivity index (χ4v) is 2.61. The maximum atomic E-state index is 11.7. The molecule has 1 aromatic carbocycles. The normalized spacial score (nSPS) is 18.7. The second kappa shape index (κ2) is 5.94. The van der Waals surface area contributed by atoms with Crippen LogP contribution in [-0.2, 0) is 10.3 Å². The molecule has 3 N–H and O–H groups in total. The third kappa shape index (κ3) is 3.09. The molecule has 1 heterocycles. The first-order chi connectivity index (χ1) is 10.6. The van der Waals surface area contributed by atoms with Crippen molar-refractivity contribution in [1.29, 1.82) is 0 Å². The van der Waals surface area contributed by atoms with Crippen LogP contribution < -0.4 is 11.1 Å². The zero-order valence-electron chi connectivity index (χ0n) is 12.6. The van der Waals surface area contributed by atoms with Gasteiger partial charge in [0.25, 0.3) is 5.89 Å². The number of rotatable bonds is 4. The summed E-state index contributed by atoms with van der Waals surface area (Å²) >= 11 is 0. The van der Waals surface area contributed by atoms with Gasteiger partial charge in [-0.1, -0.05) is 5.16 Å². The van der Waals surface area contributed by atoms with Crippen LogP contribution in [0.1, 0.15) is 37.9 Å². The van der Waals surface area contributed by atoms with E-state index in [0.29, 0.717) is 11.7 Å². The zero-order chi connectivity index (χ0) is 15.2. The van der Waals surface area contributed by atoms with Crippen molar-refractivity contribution in [3.63, 3.8) is 0 Å². The van der Waals surface area contributed by atoms with Crippen molar-refractivity contribution in [2.75, 3.05) is 5.32 Å². The highest BCUT2D eigenvalue weighted by atomic mass is 35.5. The smallest absolute Gasteiger partial charge is 0.257 e. The average Bonchev–Trinajstić information content (AvgIpc) is 3.23. The van der Waals surface area contributed by atoms with E-state index in [1.807, 2.05) is 24.3 Å². The Bertz CT molecular complexity index is 705. The first kappa shape index (κ1) is 16.0. The molecule has 0 unspecified atom stereocenters. The molecule has 2 saturated carbocycles. The minimum atomic E-state index is -0.417. The highest BCUT2D eigenvalue weighted by Crippen LogP contribution is 2.37. The molecule has 0 radical (unpaired) electrons. The standard InChI is InChI=1S/C16H18N4O2.ClH/c17-16(8-1-9-16)15-19-14(22-20-15)11-4-6-12(7-5-11)18-13(21)10-2-3-10;/h4-7,10H,1-3,8-9,17H2,(H,18,21);1H. The minimum Gasteiger partial charge on any atom is -0.334 e. The SMILES string of the molecule is Cl.NC1(c2noc(-c3ccc(NC(=O)C4CC4)cc3)n2)CCC1. The van der Waals surface area contributed by atoms with Crippen molar-refractivity contribution in [3.8, 4) is 11.5 Å². The molecular weight excluding hydrogens is 316 g/mol. The summed E-state index contributed by atoms with van der Waals surface area (Å²) in [6.45, 7) is 0. The van der Waals surface area contributed by atoms with Gasteiger partial charge in [-0.3, -0.25) is 4.79 Å². The van der Waals surface area contributed by atoms with Gasteiger partial charge < -0.3 is 15.6 Å². The average molecular weight is 335 g/mol. The summed E-state index contributed by atoms with van der Waals surface area (Å²) in [5.41, 5.74) is 7.39. The minimum absolute atomic E-state index is 0. The topological polar surface area (TPSA) is 94.0 Å². The molecule has 23 heavy (non-hydrogen) atoms. The van der Waals surface area contributed by atoms with Gasteiger partial charge in [0, 0.05) is 17.2 Å². The number of amides is 1. The first-order valence-electron chi connectivity index (χ1n) is 7.68. The molecule has 2 aliphatic carbocycles. The van der Waals surface area contributed by atoms with E-state index in [-0.39, 0.29) is 24.2 Å². The molecule has 7 heteroatoms. The van der Waals surface area contributed by atoms with Crippen molar-refractivity contribution in [2.45, 2.75) is 37.6 Å². The Morgan fingerprint density at radius 2 is 1.96 bits per heavy atom. The van der Waals surface area contributed by atoms with Crippen molar-refractivity contribution in [1.82, 2.24) is 10.1 Å². The van der Waals surface area contributed by atoms with Crippen molar-refractivity contribution >= 4 is 24.0 Å². The van der Waals surface area contributed by atoms with Crippen LogP contribution in [0, 0.1) is 5.92 Å². The first-order valence-corrected chi connectivity index (χ1v) is 7.68. The second-order valence-corrected chi connectivity index (χ2v) is 6.27. The molecule has 0 aliphatic heterocycles. The highest BCUT2D eigenvalue weighted by molar-refractivity contribution is 5.94. The maximum absolute atomic E-state index is 11.7. The molecular formula is C16H19ClN4O2. The van der Waals surface area contributed by atoms with Crippen LogP contribution in [0.4, 0.5) is 5.69 Å². The van der Waals surface area contributed by atoms with Crippen LogP contribution in [0.2, 0.25) is 0 Å². The lowest BCUT2D eigenvalue weighted by atomic mass is 9.77. The number of benzene rings is 1. The Balaban J connectivity index is 0.00000156. The molecule has 4 rings (SSSR count). The number of aromatic nitrogens is 2. The van der Waals surface area contributed by atoms with Crippen molar-refractivity contribution in [3.05, 3.63) is 30.1 Å². The quantitative estimate of drug-likeness (QED) is 0.896. The van der Waals surface area contributed by atoms with Crippen LogP contribution in [-0.4, -0.2) is 16.0 Å². The lowest BCUT2D eigenvalue weighted by Crippen LogP contribution is -2.44. The number of nitrogens with zero attached hydrogens (tertiary/aromatic N) is 2. The van der Waals surface area contributed by atoms with E-state index >= 15 is 0 Å². The van der Waals surface area contributed by atoms with Gasteiger partial charge in [0.15, 0.2) is 5.82 Å². The summed E-state index contributed by atoms with van der Waals surface area (Å²) in [5, 5.41) is 6.91. The lowest BCUT2D eigenvalue weighted by molar-refractivity contribution is -0.117. The van der Waals surface area contributed by atoms with Crippen molar-refractivity contribution in [2.24, 2.45) is 11.7 Å². The number of hydrogen-bond acceptors (Lipinski definition) is 5. The van der Waals surface area contributed by atoms with E-state index in [1.54, 1.807) is 0 Å². The van der Waals surface area contributed by atoms with Gasteiger partial charge in [0.2, 0.25) is 5.91 Å². The molecule has 0 bridgehead atoms. The van der Waals surface area contributed by atoms with Crippen LogP contribution >= 0.6 is 12.4 Å². The Kier molecular flexibility index (Phi) is 4.12. The molecule has 1 amide bonds. The summed E-state index contributed by atoms with van der Waals surface area (Å²) in [5.74, 6) is 1.34. The Labute approximate surface area is 140 Å². The highest BCUT2D eigenvalue weighted by Gasteiger charge is 2.39. The fourth-order valence-electron chi connectivity index (χ4n) is 2.61. The third-order valence-corrected chi connectivity index (χ3v) is 4.46. The van der Waals surface area contributed by atoms with Gasteiger partial charge in [-0.15, -0.1) is 12.4 Å². The van der Waals surface area contributed by atoms with Gasteiger partial charge in [0.05, 0.1) is 5.54 Å². The number of carbonyl (C=O) groups is 1. The summed E-state index contributed by atoms with van der Waals surface area (Å²) in [6.07, 6.45) is 4.90. The Hall–Kier alpha value is -1.92. The van der Waals surface area contributed by atoms with Gasteiger partial charge in [0.1, 0.15) is 0 Å². The summed E-state index contributed by atoms with van der Waals surface area (Å²) in [6, 6.07) is 7.43. The molecule has 0 spiro atoms. The monoisotopic (exact) mass is 334 g/mol. The largest absolute Gasteiger partial charge is 0.334 e. The van der Waals surface area contributed by atoms with E-state index in [4.69, 9.17) is 10.3 Å². The molecule has 0 saturated heterocycles. The fraction of sp³-hybridized carbons (Fsp3) is 0.438. The van der Waals surface area contributed by atoms with E-state index in [0.717, 1.165) is 43.4 Å². The van der Waals surface area contributed by atoms with E-state index in [9.17, 15) is 4.79 Å². The number of carbonyl (C=O) groups excluding carboxylic acids is 1. The van der Waals surface area contributed by atoms with E-state index in [1.165, 1.54) is 0 Å². The number of nitrogens with one attached hydrogen (secondary N) is 1. The molecule has 6 nitrogen and oxygen atoms in total. The zero-order valence-corrected chi connectivity index (χ0v) is 13.4.